The second-order valence-corrected chi connectivity index (χ2v) is 5.84. The molecular formula is C14H24N4S. The summed E-state index contributed by atoms with van der Waals surface area (Å²) in [5.74, 6) is 2.80. The molecule has 0 aromatic carbocycles. The second kappa shape index (κ2) is 7.58. The van der Waals surface area contributed by atoms with Gasteiger partial charge in [0.25, 0.3) is 0 Å². The smallest absolute Gasteiger partial charge is 0.191 e. The number of nitrogens with one attached hydrogen (secondary N) is 2. The average Bonchev–Trinajstić information content (AvgIpc) is 2.39. The van der Waals surface area contributed by atoms with E-state index < -0.39 is 0 Å². The van der Waals surface area contributed by atoms with Crippen LogP contribution in [0.25, 0.3) is 0 Å². The van der Waals surface area contributed by atoms with E-state index in [2.05, 4.69) is 27.5 Å². The van der Waals surface area contributed by atoms with Gasteiger partial charge in [-0.15, -0.1) is 0 Å². The van der Waals surface area contributed by atoms with Gasteiger partial charge in [-0.1, -0.05) is 37.9 Å². The molecule has 0 bridgehead atoms. The van der Waals surface area contributed by atoms with Crippen LogP contribution in [0.4, 0.5) is 11.6 Å². The SMILES string of the molecule is CCCNc1cc(NCCC2CCC2)nc(SC)n1. The van der Waals surface area contributed by atoms with Crippen molar-refractivity contribution in [2.75, 3.05) is 30.0 Å². The number of anilines is 2. The quantitative estimate of drug-likeness (QED) is 0.562. The molecule has 106 valence electrons. The highest BCUT2D eigenvalue weighted by Gasteiger charge is 2.16. The van der Waals surface area contributed by atoms with Crippen molar-refractivity contribution >= 4 is 23.4 Å². The average molecular weight is 280 g/mol. The molecular weight excluding hydrogens is 256 g/mol. The van der Waals surface area contributed by atoms with Crippen LogP contribution in [0.1, 0.15) is 39.0 Å². The highest BCUT2D eigenvalue weighted by molar-refractivity contribution is 7.98. The fourth-order valence-corrected chi connectivity index (χ4v) is 2.52. The van der Waals surface area contributed by atoms with Crippen molar-refractivity contribution in [1.82, 2.24) is 9.97 Å². The first-order chi connectivity index (χ1) is 9.31. The Morgan fingerprint density at radius 3 is 2.42 bits per heavy atom. The number of hydrogen-bond acceptors (Lipinski definition) is 5. The van der Waals surface area contributed by atoms with Gasteiger partial charge in [-0.3, -0.25) is 0 Å². The molecule has 1 aromatic rings. The van der Waals surface area contributed by atoms with Gasteiger partial charge in [-0.05, 0) is 25.0 Å². The first-order valence-electron chi connectivity index (χ1n) is 7.22. The largest absolute Gasteiger partial charge is 0.370 e. The van der Waals surface area contributed by atoms with Crippen LogP contribution in [0.5, 0.6) is 0 Å². The van der Waals surface area contributed by atoms with Gasteiger partial charge in [0.2, 0.25) is 0 Å². The number of hydrogen-bond donors (Lipinski definition) is 2. The van der Waals surface area contributed by atoms with Gasteiger partial charge >= 0.3 is 0 Å². The molecule has 1 heterocycles. The minimum absolute atomic E-state index is 0.826. The maximum Gasteiger partial charge on any atom is 0.191 e. The van der Waals surface area contributed by atoms with E-state index in [0.717, 1.165) is 42.2 Å². The molecule has 1 aromatic heterocycles. The Kier molecular flexibility index (Phi) is 5.76. The molecule has 2 N–H and O–H groups in total. The summed E-state index contributed by atoms with van der Waals surface area (Å²) in [4.78, 5) is 8.96. The molecule has 0 amide bonds. The Balaban J connectivity index is 1.89. The minimum Gasteiger partial charge on any atom is -0.370 e. The maximum atomic E-state index is 4.50. The topological polar surface area (TPSA) is 49.8 Å². The zero-order valence-corrected chi connectivity index (χ0v) is 12.7. The monoisotopic (exact) mass is 280 g/mol. The lowest BCUT2D eigenvalue weighted by molar-refractivity contribution is 0.303. The van der Waals surface area contributed by atoms with Crippen molar-refractivity contribution in [2.24, 2.45) is 5.92 Å². The first-order valence-corrected chi connectivity index (χ1v) is 8.45. The molecule has 0 aliphatic heterocycles. The fourth-order valence-electron chi connectivity index (χ4n) is 2.14. The van der Waals surface area contributed by atoms with E-state index in [1.165, 1.54) is 25.7 Å². The molecule has 0 unspecified atom stereocenters. The van der Waals surface area contributed by atoms with Crippen LogP contribution in [0.15, 0.2) is 11.2 Å². The van der Waals surface area contributed by atoms with E-state index in [0.29, 0.717) is 0 Å². The lowest BCUT2D eigenvalue weighted by Crippen LogP contribution is -2.16. The summed E-state index contributed by atoms with van der Waals surface area (Å²) >= 11 is 1.58. The third kappa shape index (κ3) is 4.56. The number of rotatable bonds is 8. The Morgan fingerprint density at radius 2 is 1.89 bits per heavy atom. The van der Waals surface area contributed by atoms with Crippen LogP contribution < -0.4 is 10.6 Å². The van der Waals surface area contributed by atoms with Crippen LogP contribution in [0.3, 0.4) is 0 Å². The molecule has 1 saturated carbocycles. The predicted octanol–water partition coefficient (Wildman–Crippen LogP) is 3.62. The Bertz CT molecular complexity index is 393. The molecule has 1 fully saturated rings. The van der Waals surface area contributed by atoms with Crippen LogP contribution >= 0.6 is 11.8 Å². The lowest BCUT2D eigenvalue weighted by atomic mass is 9.83. The standard InChI is InChI=1S/C14H24N4S/c1-3-8-15-12-10-13(18-14(17-12)19-2)16-9-7-11-5-4-6-11/h10-11H,3-9H2,1-2H3,(H2,15,16,17,18). The summed E-state index contributed by atoms with van der Waals surface area (Å²) in [6.07, 6.45) is 8.60. The van der Waals surface area contributed by atoms with Crippen molar-refractivity contribution in [2.45, 2.75) is 44.2 Å². The van der Waals surface area contributed by atoms with Crippen molar-refractivity contribution in [1.29, 1.82) is 0 Å². The van der Waals surface area contributed by atoms with Gasteiger partial charge in [-0.25, -0.2) is 9.97 Å². The Morgan fingerprint density at radius 1 is 1.21 bits per heavy atom. The third-order valence-corrected chi connectivity index (χ3v) is 4.08. The zero-order valence-electron chi connectivity index (χ0n) is 11.9. The number of aromatic nitrogens is 2. The molecule has 1 aliphatic rings. The predicted molar refractivity (Wildman–Crippen MR) is 83.0 cm³/mol. The first kappa shape index (κ1) is 14.4. The number of thioether (sulfide) groups is 1. The summed E-state index contributed by atoms with van der Waals surface area (Å²) in [7, 11) is 0. The zero-order chi connectivity index (χ0) is 13.5. The highest BCUT2D eigenvalue weighted by Crippen LogP contribution is 2.29. The Labute approximate surface area is 120 Å². The van der Waals surface area contributed by atoms with Crippen LogP contribution in [-0.4, -0.2) is 29.3 Å². The van der Waals surface area contributed by atoms with Gasteiger partial charge in [0.15, 0.2) is 5.16 Å². The van der Waals surface area contributed by atoms with E-state index in [9.17, 15) is 0 Å². The van der Waals surface area contributed by atoms with Crippen LogP contribution in [-0.2, 0) is 0 Å². The molecule has 4 nitrogen and oxygen atoms in total. The highest BCUT2D eigenvalue weighted by atomic mass is 32.2. The van der Waals surface area contributed by atoms with Gasteiger partial charge in [0.1, 0.15) is 11.6 Å². The van der Waals surface area contributed by atoms with Crippen LogP contribution in [0.2, 0.25) is 0 Å². The molecule has 0 atom stereocenters. The Hall–Kier alpha value is -0.970. The summed E-state index contributed by atoms with van der Waals surface area (Å²) in [6, 6.07) is 2.01. The third-order valence-electron chi connectivity index (χ3n) is 3.53. The minimum atomic E-state index is 0.826. The van der Waals surface area contributed by atoms with Gasteiger partial charge in [0.05, 0.1) is 0 Å². The van der Waals surface area contributed by atoms with E-state index in [4.69, 9.17) is 0 Å². The van der Waals surface area contributed by atoms with Gasteiger partial charge < -0.3 is 10.6 Å². The van der Waals surface area contributed by atoms with E-state index in [-0.39, 0.29) is 0 Å². The van der Waals surface area contributed by atoms with Crippen molar-refractivity contribution in [3.63, 3.8) is 0 Å². The molecule has 0 saturated heterocycles. The molecule has 19 heavy (non-hydrogen) atoms. The van der Waals surface area contributed by atoms with E-state index in [1.54, 1.807) is 11.8 Å². The summed E-state index contributed by atoms with van der Waals surface area (Å²) in [5, 5.41) is 7.58. The van der Waals surface area contributed by atoms with Crippen LogP contribution in [0, 0.1) is 5.92 Å². The summed E-state index contributed by atoms with van der Waals surface area (Å²) < 4.78 is 0. The molecule has 0 radical (unpaired) electrons. The molecule has 5 heteroatoms. The van der Waals surface area contributed by atoms with Crippen molar-refractivity contribution in [3.05, 3.63) is 6.07 Å². The van der Waals surface area contributed by atoms with Gasteiger partial charge in [-0.2, -0.15) is 0 Å². The maximum absolute atomic E-state index is 4.50. The molecule has 1 aliphatic carbocycles. The summed E-state index contributed by atoms with van der Waals surface area (Å²) in [5.41, 5.74) is 0. The number of nitrogens with zero attached hydrogens (tertiary/aromatic N) is 2. The summed E-state index contributed by atoms with van der Waals surface area (Å²) in [6.45, 7) is 4.12. The molecule has 0 spiro atoms. The second-order valence-electron chi connectivity index (χ2n) is 5.06. The lowest BCUT2D eigenvalue weighted by Gasteiger charge is -2.25. The van der Waals surface area contributed by atoms with Crippen molar-refractivity contribution in [3.8, 4) is 0 Å². The normalized spacial score (nSPS) is 15.1. The van der Waals surface area contributed by atoms with Crippen molar-refractivity contribution < 1.29 is 0 Å². The van der Waals surface area contributed by atoms with E-state index in [1.807, 2.05) is 12.3 Å². The van der Waals surface area contributed by atoms with E-state index >= 15 is 0 Å². The molecule has 2 rings (SSSR count). The fraction of sp³-hybridized carbons (Fsp3) is 0.714. The van der Waals surface area contributed by atoms with Gasteiger partial charge in [0, 0.05) is 19.2 Å².